The lowest BCUT2D eigenvalue weighted by atomic mass is 9.87. The smallest absolute Gasteiger partial charge is 0.225 e. The number of amides is 1. The zero-order valence-corrected chi connectivity index (χ0v) is 9.93. The molecule has 0 radical (unpaired) electrons. The van der Waals surface area contributed by atoms with Gasteiger partial charge in [0.1, 0.15) is 5.78 Å². The van der Waals surface area contributed by atoms with Gasteiger partial charge in [-0.3, -0.25) is 9.59 Å². The Morgan fingerprint density at radius 3 is 2.73 bits per heavy atom. The molecule has 0 bridgehead atoms. The molecule has 0 aliphatic heterocycles. The number of hydrogen-bond acceptors (Lipinski definition) is 2. The summed E-state index contributed by atoms with van der Waals surface area (Å²) in [5, 5.41) is 2.98. The Hall–Kier alpha value is -0.860. The third kappa shape index (κ3) is 3.33. The van der Waals surface area contributed by atoms with E-state index in [-0.39, 0.29) is 23.1 Å². The topological polar surface area (TPSA) is 46.2 Å². The molecule has 0 aromatic rings. The lowest BCUT2D eigenvalue weighted by Gasteiger charge is -2.28. The fourth-order valence-corrected chi connectivity index (χ4v) is 1.69. The molecule has 1 aliphatic carbocycles. The van der Waals surface area contributed by atoms with E-state index in [1.807, 2.05) is 20.8 Å². The average molecular weight is 211 g/mol. The minimum atomic E-state index is -0.319. The number of ketones is 1. The molecule has 1 atom stereocenters. The van der Waals surface area contributed by atoms with E-state index in [9.17, 15) is 9.59 Å². The molecule has 3 nitrogen and oxygen atoms in total. The summed E-state index contributed by atoms with van der Waals surface area (Å²) in [4.78, 5) is 23.1. The molecule has 1 amide bonds. The largest absolute Gasteiger partial charge is 0.352 e. The van der Waals surface area contributed by atoms with Gasteiger partial charge in [-0.15, -0.1) is 0 Å². The van der Waals surface area contributed by atoms with Crippen molar-refractivity contribution in [2.45, 2.75) is 58.9 Å². The van der Waals surface area contributed by atoms with Crippen LogP contribution in [0.2, 0.25) is 0 Å². The summed E-state index contributed by atoms with van der Waals surface area (Å²) in [5.74, 6) is 0.352. The summed E-state index contributed by atoms with van der Waals surface area (Å²) in [5.41, 5.74) is -0.319. The van der Waals surface area contributed by atoms with E-state index in [1.54, 1.807) is 0 Å². The van der Waals surface area contributed by atoms with Crippen molar-refractivity contribution in [2.75, 3.05) is 0 Å². The second kappa shape index (κ2) is 4.77. The second-order valence-electron chi connectivity index (χ2n) is 5.04. The number of hydrogen-bond donors (Lipinski definition) is 1. The highest BCUT2D eigenvalue weighted by atomic mass is 16.2. The maximum Gasteiger partial charge on any atom is 0.225 e. The third-order valence-electron chi connectivity index (χ3n) is 3.32. The maximum atomic E-state index is 11.8. The van der Waals surface area contributed by atoms with E-state index in [4.69, 9.17) is 0 Å². The Bertz CT molecular complexity index is 258. The molecule has 1 fully saturated rings. The van der Waals surface area contributed by atoms with Gasteiger partial charge in [-0.05, 0) is 19.3 Å². The number of carbonyl (C=O) groups is 2. The molecule has 86 valence electrons. The number of nitrogens with one attached hydrogen (secondary N) is 1. The first-order chi connectivity index (χ1) is 6.95. The van der Waals surface area contributed by atoms with Crippen LogP contribution in [0.15, 0.2) is 0 Å². The monoisotopic (exact) mass is 211 g/mol. The van der Waals surface area contributed by atoms with Gasteiger partial charge >= 0.3 is 0 Å². The molecular formula is C12H21NO2. The summed E-state index contributed by atoms with van der Waals surface area (Å²) in [6, 6.07) is 0.0737. The Kier molecular flexibility index (Phi) is 3.89. The molecule has 0 saturated heterocycles. The van der Waals surface area contributed by atoms with Crippen LogP contribution in [0.3, 0.4) is 0 Å². The normalized spacial score (nSPS) is 22.6. The van der Waals surface area contributed by atoms with Gasteiger partial charge in [0.2, 0.25) is 5.91 Å². The van der Waals surface area contributed by atoms with Gasteiger partial charge in [0.25, 0.3) is 0 Å². The lowest BCUT2D eigenvalue weighted by Crippen LogP contribution is -2.44. The van der Waals surface area contributed by atoms with Crippen LogP contribution < -0.4 is 5.32 Å². The summed E-state index contributed by atoms with van der Waals surface area (Å²) >= 11 is 0. The van der Waals surface area contributed by atoms with Gasteiger partial charge in [-0.2, -0.15) is 0 Å². The molecular weight excluding hydrogens is 190 g/mol. The third-order valence-corrected chi connectivity index (χ3v) is 3.32. The van der Waals surface area contributed by atoms with E-state index in [0.29, 0.717) is 12.8 Å². The van der Waals surface area contributed by atoms with Gasteiger partial charge in [0, 0.05) is 24.3 Å². The summed E-state index contributed by atoms with van der Waals surface area (Å²) in [7, 11) is 0. The van der Waals surface area contributed by atoms with Crippen LogP contribution in [-0.4, -0.2) is 17.7 Å². The molecule has 0 aromatic carbocycles. The molecule has 1 N–H and O–H groups in total. The minimum Gasteiger partial charge on any atom is -0.352 e. The second-order valence-corrected chi connectivity index (χ2v) is 5.04. The van der Waals surface area contributed by atoms with Crippen molar-refractivity contribution in [1.82, 2.24) is 5.32 Å². The maximum absolute atomic E-state index is 11.8. The molecule has 1 saturated carbocycles. The van der Waals surface area contributed by atoms with E-state index < -0.39 is 0 Å². The van der Waals surface area contributed by atoms with E-state index in [0.717, 1.165) is 19.3 Å². The van der Waals surface area contributed by atoms with Crippen molar-refractivity contribution in [2.24, 2.45) is 5.41 Å². The average Bonchev–Trinajstić information content (AvgIpc) is 2.17. The minimum absolute atomic E-state index is 0.0737. The van der Waals surface area contributed by atoms with Crippen molar-refractivity contribution < 1.29 is 9.59 Å². The summed E-state index contributed by atoms with van der Waals surface area (Å²) in [6.45, 7) is 5.88. The fourth-order valence-electron chi connectivity index (χ4n) is 1.69. The lowest BCUT2D eigenvalue weighted by molar-refractivity contribution is -0.131. The molecule has 0 spiro atoms. The number of carbonyl (C=O) groups excluding carboxylic acids is 2. The van der Waals surface area contributed by atoms with Crippen molar-refractivity contribution in [3.05, 3.63) is 0 Å². The van der Waals surface area contributed by atoms with Crippen molar-refractivity contribution in [3.63, 3.8) is 0 Å². The molecule has 0 heterocycles. The van der Waals surface area contributed by atoms with Crippen molar-refractivity contribution in [3.8, 4) is 0 Å². The Labute approximate surface area is 91.6 Å². The van der Waals surface area contributed by atoms with Crippen LogP contribution in [0, 0.1) is 5.41 Å². The van der Waals surface area contributed by atoms with Gasteiger partial charge in [-0.25, -0.2) is 0 Å². The number of rotatable bonds is 3. The molecule has 1 unspecified atom stereocenters. The van der Waals surface area contributed by atoms with Crippen LogP contribution >= 0.6 is 0 Å². The van der Waals surface area contributed by atoms with E-state index in [1.165, 1.54) is 0 Å². The van der Waals surface area contributed by atoms with Gasteiger partial charge in [0.15, 0.2) is 0 Å². The fraction of sp³-hybridized carbons (Fsp3) is 0.833. The standard InChI is InChI=1S/C12H21NO2/c1-4-12(2,3)11(15)13-9-6-5-7-10(14)8-9/h9H,4-8H2,1-3H3,(H,13,15). The molecule has 15 heavy (non-hydrogen) atoms. The van der Waals surface area contributed by atoms with E-state index in [2.05, 4.69) is 5.32 Å². The van der Waals surface area contributed by atoms with Crippen LogP contribution in [0.25, 0.3) is 0 Å². The zero-order valence-electron chi connectivity index (χ0n) is 9.93. The van der Waals surface area contributed by atoms with Crippen LogP contribution in [-0.2, 0) is 9.59 Å². The molecule has 3 heteroatoms. The predicted octanol–water partition coefficient (Wildman–Crippen LogP) is 2.05. The first-order valence-electron chi connectivity index (χ1n) is 5.78. The highest BCUT2D eigenvalue weighted by Gasteiger charge is 2.29. The molecule has 0 aromatic heterocycles. The van der Waals surface area contributed by atoms with Crippen LogP contribution in [0.5, 0.6) is 0 Å². The zero-order chi connectivity index (χ0) is 11.5. The highest BCUT2D eigenvalue weighted by Crippen LogP contribution is 2.22. The van der Waals surface area contributed by atoms with E-state index >= 15 is 0 Å². The summed E-state index contributed by atoms with van der Waals surface area (Å²) < 4.78 is 0. The first kappa shape index (κ1) is 12.2. The van der Waals surface area contributed by atoms with Gasteiger partial charge in [-0.1, -0.05) is 20.8 Å². The number of Topliss-reactive ketones (excluding diaryl/α,β-unsaturated/α-hetero) is 1. The predicted molar refractivity (Wildman–Crippen MR) is 59.5 cm³/mol. The quantitative estimate of drug-likeness (QED) is 0.776. The summed E-state index contributed by atoms with van der Waals surface area (Å²) in [6.07, 6.45) is 3.88. The highest BCUT2D eigenvalue weighted by molar-refractivity contribution is 5.84. The Morgan fingerprint density at radius 2 is 2.20 bits per heavy atom. The van der Waals surface area contributed by atoms with Crippen LogP contribution in [0.4, 0.5) is 0 Å². The molecule has 1 aliphatic rings. The van der Waals surface area contributed by atoms with Gasteiger partial charge < -0.3 is 5.32 Å². The first-order valence-corrected chi connectivity index (χ1v) is 5.78. The van der Waals surface area contributed by atoms with Crippen molar-refractivity contribution >= 4 is 11.7 Å². The Balaban J connectivity index is 2.47. The van der Waals surface area contributed by atoms with Crippen molar-refractivity contribution in [1.29, 1.82) is 0 Å². The van der Waals surface area contributed by atoms with Gasteiger partial charge in [0.05, 0.1) is 0 Å². The molecule has 1 rings (SSSR count). The van der Waals surface area contributed by atoms with Crippen LogP contribution in [0.1, 0.15) is 52.9 Å². The SMILES string of the molecule is CCC(C)(C)C(=O)NC1CCCC(=O)C1. The Morgan fingerprint density at radius 1 is 1.53 bits per heavy atom.